The molecule has 1 aliphatic rings. The molecule has 0 aromatic carbocycles. The number of nitrogens with zero attached hydrogens (tertiary/aromatic N) is 5. The van der Waals surface area contributed by atoms with Crippen LogP contribution in [0.4, 0.5) is 14.6 Å². The Morgan fingerprint density at radius 2 is 2.14 bits per heavy atom. The van der Waals surface area contributed by atoms with Crippen LogP contribution < -0.4 is 4.90 Å². The van der Waals surface area contributed by atoms with Crippen LogP contribution in [0.5, 0.6) is 0 Å². The average Bonchev–Trinajstić information content (AvgIpc) is 2.91. The van der Waals surface area contributed by atoms with E-state index in [0.717, 1.165) is 30.3 Å². The summed E-state index contributed by atoms with van der Waals surface area (Å²) in [5.74, 6) is 0.185. The lowest BCUT2D eigenvalue weighted by Gasteiger charge is -2.36. The Balaban J connectivity index is 1.96. The van der Waals surface area contributed by atoms with Crippen molar-refractivity contribution in [2.24, 2.45) is 0 Å². The van der Waals surface area contributed by atoms with Gasteiger partial charge < -0.3 is 10.0 Å². The third-order valence-electron chi connectivity index (χ3n) is 3.85. The first-order valence-corrected chi connectivity index (χ1v) is 7.08. The van der Waals surface area contributed by atoms with E-state index in [1.54, 1.807) is 12.1 Å². The van der Waals surface area contributed by atoms with Gasteiger partial charge in [-0.15, -0.1) is 15.3 Å². The number of aliphatic hydroxyl groups excluding tert-OH is 1. The molecule has 0 aliphatic carbocycles. The summed E-state index contributed by atoms with van der Waals surface area (Å²) in [5, 5.41) is 20.6. The Hall–Kier alpha value is -1.83. The first-order valence-electron chi connectivity index (χ1n) is 7.08. The number of aliphatic hydroxyl groups is 1. The van der Waals surface area contributed by atoms with Crippen molar-refractivity contribution in [3.05, 3.63) is 18.0 Å². The molecule has 1 fully saturated rings. The van der Waals surface area contributed by atoms with Crippen LogP contribution in [0, 0.1) is 0 Å². The second-order valence-corrected chi connectivity index (χ2v) is 5.18. The van der Waals surface area contributed by atoms with Gasteiger partial charge in [0.1, 0.15) is 5.82 Å². The minimum Gasteiger partial charge on any atom is -0.396 e. The lowest BCUT2D eigenvalue weighted by atomic mass is 10.00. The lowest BCUT2D eigenvalue weighted by molar-refractivity contribution is 0.137. The molecule has 3 rings (SSSR count). The monoisotopic (exact) mass is 297 g/mol. The molecular formula is C13H17F2N5O. The summed E-state index contributed by atoms with van der Waals surface area (Å²) in [6, 6.07) is 3.61. The number of aromatic nitrogens is 4. The molecule has 1 aliphatic heterocycles. The quantitative estimate of drug-likeness (QED) is 0.932. The van der Waals surface area contributed by atoms with Gasteiger partial charge >= 0.3 is 0 Å². The molecule has 0 radical (unpaired) electrons. The summed E-state index contributed by atoms with van der Waals surface area (Å²) < 4.78 is 26.9. The minimum atomic E-state index is -2.71. The van der Waals surface area contributed by atoms with Gasteiger partial charge in [0.15, 0.2) is 5.65 Å². The number of piperidine rings is 1. The maximum absolute atomic E-state index is 12.9. The Bertz CT molecular complexity index is 616. The highest BCUT2D eigenvalue weighted by Crippen LogP contribution is 2.26. The van der Waals surface area contributed by atoms with Gasteiger partial charge in [0.25, 0.3) is 6.43 Å². The first-order chi connectivity index (χ1) is 10.2. The maximum Gasteiger partial charge on any atom is 0.299 e. The van der Waals surface area contributed by atoms with Gasteiger partial charge in [0.2, 0.25) is 5.82 Å². The van der Waals surface area contributed by atoms with Gasteiger partial charge in [-0.1, -0.05) is 0 Å². The van der Waals surface area contributed by atoms with E-state index in [0.29, 0.717) is 17.9 Å². The molecule has 0 saturated carbocycles. The van der Waals surface area contributed by atoms with Crippen molar-refractivity contribution in [3.8, 4) is 0 Å². The summed E-state index contributed by atoms with van der Waals surface area (Å²) in [7, 11) is 0. The largest absolute Gasteiger partial charge is 0.396 e. The van der Waals surface area contributed by atoms with Crippen molar-refractivity contribution < 1.29 is 13.9 Å². The minimum absolute atomic E-state index is 0.109. The zero-order valence-electron chi connectivity index (χ0n) is 11.5. The van der Waals surface area contributed by atoms with E-state index in [4.69, 9.17) is 5.11 Å². The topological polar surface area (TPSA) is 66.5 Å². The zero-order chi connectivity index (χ0) is 14.8. The number of halogens is 2. The van der Waals surface area contributed by atoms with Gasteiger partial charge in [-0.2, -0.15) is 4.52 Å². The number of hydrogen-bond acceptors (Lipinski definition) is 5. The second-order valence-electron chi connectivity index (χ2n) is 5.18. The summed E-state index contributed by atoms with van der Waals surface area (Å²) in [5.41, 5.74) is 0.310. The molecule has 1 atom stereocenters. The molecule has 2 aromatic heterocycles. The van der Waals surface area contributed by atoms with E-state index < -0.39 is 12.2 Å². The fourth-order valence-corrected chi connectivity index (χ4v) is 2.84. The number of alkyl halides is 2. The SMILES string of the molecule is OCCC1CCCCN1c1ccc2nnc(C(F)F)n2n1. The van der Waals surface area contributed by atoms with E-state index >= 15 is 0 Å². The van der Waals surface area contributed by atoms with E-state index in [-0.39, 0.29) is 12.6 Å². The number of hydrogen-bond donors (Lipinski definition) is 1. The van der Waals surface area contributed by atoms with Crippen LogP contribution in [0.25, 0.3) is 5.65 Å². The van der Waals surface area contributed by atoms with Crippen molar-refractivity contribution in [1.29, 1.82) is 0 Å². The zero-order valence-corrected chi connectivity index (χ0v) is 11.5. The fourth-order valence-electron chi connectivity index (χ4n) is 2.84. The van der Waals surface area contributed by atoms with Gasteiger partial charge in [-0.05, 0) is 37.8 Å². The molecule has 21 heavy (non-hydrogen) atoms. The third kappa shape index (κ3) is 2.67. The highest BCUT2D eigenvalue weighted by Gasteiger charge is 2.24. The molecule has 1 N–H and O–H groups in total. The second kappa shape index (κ2) is 5.88. The van der Waals surface area contributed by atoms with Gasteiger partial charge in [0, 0.05) is 19.2 Å². The molecule has 6 nitrogen and oxygen atoms in total. The number of fused-ring (bicyclic) bond motifs is 1. The predicted octanol–water partition coefficient (Wildman–Crippen LogP) is 1.80. The molecule has 0 spiro atoms. The Morgan fingerprint density at radius 3 is 2.90 bits per heavy atom. The van der Waals surface area contributed by atoms with Crippen molar-refractivity contribution in [3.63, 3.8) is 0 Å². The molecule has 1 unspecified atom stereocenters. The van der Waals surface area contributed by atoms with E-state index in [2.05, 4.69) is 20.2 Å². The highest BCUT2D eigenvalue weighted by molar-refractivity contribution is 5.46. The van der Waals surface area contributed by atoms with Crippen molar-refractivity contribution in [2.75, 3.05) is 18.1 Å². The van der Waals surface area contributed by atoms with Gasteiger partial charge in [-0.3, -0.25) is 0 Å². The van der Waals surface area contributed by atoms with Gasteiger partial charge in [-0.25, -0.2) is 8.78 Å². The molecule has 0 bridgehead atoms. The Kier molecular flexibility index (Phi) is 3.96. The summed E-state index contributed by atoms with van der Waals surface area (Å²) in [4.78, 5) is 2.08. The van der Waals surface area contributed by atoms with Crippen LogP contribution in [0.3, 0.4) is 0 Å². The first kappa shape index (κ1) is 14.1. The summed E-state index contributed by atoms with van der Waals surface area (Å²) in [6.45, 7) is 0.924. The molecular weight excluding hydrogens is 280 g/mol. The smallest absolute Gasteiger partial charge is 0.299 e. The van der Waals surface area contributed by atoms with Crippen LogP contribution in [-0.2, 0) is 0 Å². The van der Waals surface area contributed by atoms with Crippen LogP contribution >= 0.6 is 0 Å². The highest BCUT2D eigenvalue weighted by atomic mass is 19.3. The summed E-state index contributed by atoms with van der Waals surface area (Å²) >= 11 is 0. The molecule has 114 valence electrons. The normalized spacial score (nSPS) is 19.6. The average molecular weight is 297 g/mol. The van der Waals surface area contributed by atoms with Gasteiger partial charge in [0.05, 0.1) is 0 Å². The molecule has 2 aromatic rings. The van der Waals surface area contributed by atoms with Crippen molar-refractivity contribution in [2.45, 2.75) is 38.2 Å². The van der Waals surface area contributed by atoms with Crippen LogP contribution in [0.1, 0.15) is 37.9 Å². The van der Waals surface area contributed by atoms with Crippen molar-refractivity contribution >= 4 is 11.5 Å². The predicted molar refractivity (Wildman–Crippen MR) is 72.4 cm³/mol. The molecule has 8 heteroatoms. The van der Waals surface area contributed by atoms with Crippen LogP contribution in [0.15, 0.2) is 12.1 Å². The number of rotatable bonds is 4. The maximum atomic E-state index is 12.9. The van der Waals surface area contributed by atoms with E-state index in [9.17, 15) is 8.78 Å². The standard InChI is InChI=1S/C13H17F2N5O/c14-12(15)13-17-16-10-4-5-11(18-20(10)13)19-7-2-1-3-9(19)6-8-21/h4-5,9,12,21H,1-3,6-8H2. The summed E-state index contributed by atoms with van der Waals surface area (Å²) in [6.07, 6.45) is 1.06. The molecule has 0 amide bonds. The molecule has 1 saturated heterocycles. The van der Waals surface area contributed by atoms with Crippen molar-refractivity contribution in [1.82, 2.24) is 19.8 Å². The van der Waals surface area contributed by atoms with Crippen LogP contribution in [0.2, 0.25) is 0 Å². The lowest BCUT2D eigenvalue weighted by Crippen LogP contribution is -2.40. The molecule has 3 heterocycles. The number of anilines is 1. The van der Waals surface area contributed by atoms with E-state index in [1.807, 2.05) is 0 Å². The third-order valence-corrected chi connectivity index (χ3v) is 3.85. The van der Waals surface area contributed by atoms with E-state index in [1.165, 1.54) is 0 Å². The Morgan fingerprint density at radius 1 is 1.29 bits per heavy atom. The fraction of sp³-hybridized carbons (Fsp3) is 0.615. The Labute approximate surface area is 120 Å². The van der Waals surface area contributed by atoms with Crippen LogP contribution in [-0.4, -0.2) is 44.1 Å².